The monoisotopic (exact) mass is 386 g/mol. The molecule has 0 aromatic heterocycles. The van der Waals surface area contributed by atoms with Gasteiger partial charge in [-0.05, 0) is 43.2 Å². The van der Waals surface area contributed by atoms with E-state index >= 15 is 0 Å². The van der Waals surface area contributed by atoms with Crippen molar-refractivity contribution in [3.05, 3.63) is 59.9 Å². The Bertz CT molecular complexity index is 774. The van der Waals surface area contributed by atoms with Gasteiger partial charge in [0.25, 0.3) is 5.91 Å². The Kier molecular flexibility index (Phi) is 6.87. The first-order valence-corrected chi connectivity index (χ1v) is 9.83. The maximum Gasteiger partial charge on any atom is 0.278 e. The summed E-state index contributed by atoms with van der Waals surface area (Å²) in [6.07, 6.45) is 0.704. The van der Waals surface area contributed by atoms with E-state index in [0.29, 0.717) is 13.0 Å². The number of piperazine rings is 1. The summed E-state index contributed by atoms with van der Waals surface area (Å²) in [4.78, 5) is 16.1. The Labute approximate surface area is 166 Å². The molecule has 1 aliphatic heterocycles. The second-order valence-electron chi connectivity index (χ2n) is 7.21. The van der Waals surface area contributed by atoms with Gasteiger partial charge < -0.3 is 19.9 Å². The number of quaternary nitrogens is 1. The molecule has 0 aliphatic carbocycles. The van der Waals surface area contributed by atoms with E-state index in [0.717, 1.165) is 43.2 Å². The Morgan fingerprint density at radius 3 is 2.54 bits per heavy atom. The highest BCUT2D eigenvalue weighted by atomic mass is 19.1. The number of benzene rings is 2. The number of ether oxygens (including phenoxy) is 1. The number of hydrogen-bond acceptors (Lipinski definition) is 3. The molecule has 0 spiro atoms. The van der Waals surface area contributed by atoms with Crippen LogP contribution in [-0.2, 0) is 11.2 Å². The normalized spacial score (nSPS) is 15.9. The van der Waals surface area contributed by atoms with Crippen molar-refractivity contribution in [2.75, 3.05) is 44.7 Å². The van der Waals surface area contributed by atoms with Gasteiger partial charge in [0, 0.05) is 6.54 Å². The number of methoxy groups -OCH3 is 1. The molecular formula is C22H29FN3O2+. The molecule has 0 bridgehead atoms. The lowest BCUT2D eigenvalue weighted by molar-refractivity contribution is -0.914. The maximum atomic E-state index is 12.9. The molecule has 2 N–H and O–H groups in total. The predicted octanol–water partition coefficient (Wildman–Crippen LogP) is 1.29. The summed E-state index contributed by atoms with van der Waals surface area (Å²) in [5.41, 5.74) is 2.13. The SMILES string of the molecule is COc1ccccc1N1CC[NH+]([C@@H](C)C(=O)NCCc2ccc(F)cc2)CC1. The summed E-state index contributed by atoms with van der Waals surface area (Å²) in [7, 11) is 1.69. The molecule has 2 aromatic rings. The number of nitrogens with zero attached hydrogens (tertiary/aromatic N) is 1. The van der Waals surface area contributed by atoms with E-state index in [1.165, 1.54) is 17.0 Å². The first kappa shape index (κ1) is 20.1. The Hall–Kier alpha value is -2.60. The van der Waals surface area contributed by atoms with E-state index < -0.39 is 0 Å². The first-order chi connectivity index (χ1) is 13.6. The van der Waals surface area contributed by atoms with Gasteiger partial charge in [-0.15, -0.1) is 0 Å². The standard InChI is InChI=1S/C22H28FN3O2/c1-17(22(27)24-12-11-18-7-9-19(23)10-8-18)25-13-15-26(16-14-25)20-5-3-4-6-21(20)28-2/h3-10,17H,11-16H2,1-2H3,(H,24,27)/p+1/t17-/m0/s1. The van der Waals surface area contributed by atoms with Crippen molar-refractivity contribution in [3.8, 4) is 5.75 Å². The molecule has 1 heterocycles. The molecule has 1 saturated heterocycles. The Morgan fingerprint density at radius 2 is 1.86 bits per heavy atom. The summed E-state index contributed by atoms with van der Waals surface area (Å²) in [5, 5.41) is 3.02. The average molecular weight is 386 g/mol. The van der Waals surface area contributed by atoms with E-state index in [2.05, 4.69) is 16.3 Å². The molecule has 1 aliphatic rings. The highest BCUT2D eigenvalue weighted by molar-refractivity contribution is 5.79. The lowest BCUT2D eigenvalue weighted by Crippen LogP contribution is -3.19. The number of carbonyl (C=O) groups excluding carboxylic acids is 1. The molecule has 150 valence electrons. The van der Waals surface area contributed by atoms with Crippen molar-refractivity contribution >= 4 is 11.6 Å². The second kappa shape index (κ2) is 9.55. The number of amides is 1. The minimum Gasteiger partial charge on any atom is -0.495 e. The smallest absolute Gasteiger partial charge is 0.278 e. The minimum absolute atomic E-state index is 0.0721. The summed E-state index contributed by atoms with van der Waals surface area (Å²) < 4.78 is 18.4. The topological polar surface area (TPSA) is 46.0 Å². The zero-order chi connectivity index (χ0) is 19.9. The summed E-state index contributed by atoms with van der Waals surface area (Å²) in [6, 6.07) is 14.4. The van der Waals surface area contributed by atoms with Gasteiger partial charge >= 0.3 is 0 Å². The number of nitrogens with one attached hydrogen (secondary N) is 2. The van der Waals surface area contributed by atoms with Crippen molar-refractivity contribution < 1.29 is 18.8 Å². The van der Waals surface area contributed by atoms with Gasteiger partial charge in [-0.25, -0.2) is 4.39 Å². The van der Waals surface area contributed by atoms with Crippen LogP contribution in [0.25, 0.3) is 0 Å². The molecular weight excluding hydrogens is 357 g/mol. The van der Waals surface area contributed by atoms with Crippen LogP contribution in [0.3, 0.4) is 0 Å². The van der Waals surface area contributed by atoms with Gasteiger partial charge in [0.15, 0.2) is 6.04 Å². The molecule has 6 heteroatoms. The molecule has 0 radical (unpaired) electrons. The summed E-state index contributed by atoms with van der Waals surface area (Å²) in [6.45, 7) is 6.15. The number of para-hydroxylation sites is 2. The lowest BCUT2D eigenvalue weighted by atomic mass is 10.1. The van der Waals surface area contributed by atoms with Gasteiger partial charge in [0.2, 0.25) is 0 Å². The molecule has 1 atom stereocenters. The van der Waals surface area contributed by atoms with Crippen molar-refractivity contribution in [1.82, 2.24) is 5.32 Å². The third-order valence-electron chi connectivity index (χ3n) is 5.46. The van der Waals surface area contributed by atoms with E-state index in [1.54, 1.807) is 19.2 Å². The van der Waals surface area contributed by atoms with Crippen LogP contribution in [-0.4, -0.2) is 51.8 Å². The highest BCUT2D eigenvalue weighted by Gasteiger charge is 2.29. The van der Waals surface area contributed by atoms with Crippen LogP contribution >= 0.6 is 0 Å². The second-order valence-corrected chi connectivity index (χ2v) is 7.21. The van der Waals surface area contributed by atoms with Crippen molar-refractivity contribution in [2.45, 2.75) is 19.4 Å². The van der Waals surface area contributed by atoms with Gasteiger partial charge in [-0.3, -0.25) is 4.79 Å². The number of anilines is 1. The largest absolute Gasteiger partial charge is 0.495 e. The average Bonchev–Trinajstić information content (AvgIpc) is 2.74. The van der Waals surface area contributed by atoms with E-state index in [9.17, 15) is 9.18 Å². The van der Waals surface area contributed by atoms with Crippen LogP contribution in [0.4, 0.5) is 10.1 Å². The molecule has 2 aromatic carbocycles. The highest BCUT2D eigenvalue weighted by Crippen LogP contribution is 2.27. The van der Waals surface area contributed by atoms with E-state index in [4.69, 9.17) is 4.74 Å². The fourth-order valence-electron chi connectivity index (χ4n) is 3.68. The van der Waals surface area contributed by atoms with Crippen LogP contribution in [0, 0.1) is 5.82 Å². The van der Waals surface area contributed by atoms with E-state index in [-0.39, 0.29) is 17.8 Å². The van der Waals surface area contributed by atoms with Crippen LogP contribution in [0.15, 0.2) is 48.5 Å². The maximum absolute atomic E-state index is 12.9. The third-order valence-corrected chi connectivity index (χ3v) is 5.46. The number of hydrogen-bond donors (Lipinski definition) is 2. The van der Waals surface area contributed by atoms with Gasteiger partial charge in [0.05, 0.1) is 39.0 Å². The Morgan fingerprint density at radius 1 is 1.18 bits per heavy atom. The molecule has 0 saturated carbocycles. The van der Waals surface area contributed by atoms with Gasteiger partial charge in [0.1, 0.15) is 11.6 Å². The van der Waals surface area contributed by atoms with Crippen molar-refractivity contribution in [2.24, 2.45) is 0 Å². The molecule has 5 nitrogen and oxygen atoms in total. The molecule has 1 fully saturated rings. The van der Waals surface area contributed by atoms with Crippen molar-refractivity contribution in [1.29, 1.82) is 0 Å². The molecule has 3 rings (SSSR count). The predicted molar refractivity (Wildman–Crippen MR) is 108 cm³/mol. The zero-order valence-corrected chi connectivity index (χ0v) is 16.6. The van der Waals surface area contributed by atoms with Crippen LogP contribution in [0.5, 0.6) is 5.75 Å². The Balaban J connectivity index is 1.45. The molecule has 1 amide bonds. The molecule has 0 unspecified atom stereocenters. The summed E-state index contributed by atoms with van der Waals surface area (Å²) in [5.74, 6) is 0.720. The first-order valence-electron chi connectivity index (χ1n) is 9.83. The quantitative estimate of drug-likeness (QED) is 0.754. The van der Waals surface area contributed by atoms with Crippen LogP contribution < -0.4 is 19.9 Å². The summed E-state index contributed by atoms with van der Waals surface area (Å²) >= 11 is 0. The van der Waals surface area contributed by atoms with Gasteiger partial charge in [-0.1, -0.05) is 24.3 Å². The van der Waals surface area contributed by atoms with Gasteiger partial charge in [-0.2, -0.15) is 0 Å². The third kappa shape index (κ3) is 5.01. The molecule has 28 heavy (non-hydrogen) atoms. The fraction of sp³-hybridized carbons (Fsp3) is 0.409. The van der Waals surface area contributed by atoms with Crippen molar-refractivity contribution in [3.63, 3.8) is 0 Å². The zero-order valence-electron chi connectivity index (χ0n) is 16.6. The van der Waals surface area contributed by atoms with Crippen LogP contribution in [0.2, 0.25) is 0 Å². The lowest BCUT2D eigenvalue weighted by Gasteiger charge is -2.36. The van der Waals surface area contributed by atoms with Crippen LogP contribution in [0.1, 0.15) is 12.5 Å². The minimum atomic E-state index is -0.239. The van der Waals surface area contributed by atoms with E-state index in [1.807, 2.05) is 25.1 Å². The number of halogens is 1. The fourth-order valence-corrected chi connectivity index (χ4v) is 3.68. The number of rotatable bonds is 7. The number of carbonyl (C=O) groups is 1.